The fourth-order valence-electron chi connectivity index (χ4n) is 2.80. The van der Waals surface area contributed by atoms with Crippen molar-refractivity contribution in [3.8, 4) is 0 Å². The van der Waals surface area contributed by atoms with Gasteiger partial charge in [-0.25, -0.2) is 16.3 Å². The molecule has 2 unspecified atom stereocenters. The molecule has 3 N–H and O–H groups in total. The Morgan fingerprint density at radius 1 is 1.15 bits per heavy atom. The van der Waals surface area contributed by atoms with Gasteiger partial charge in [-0.2, -0.15) is 5.10 Å². The third-order valence-electron chi connectivity index (χ3n) is 4.17. The van der Waals surface area contributed by atoms with Crippen LogP contribution in [0, 0.1) is 10.1 Å². The Hall–Kier alpha value is -3.36. The van der Waals surface area contributed by atoms with Crippen molar-refractivity contribution >= 4 is 23.9 Å². The van der Waals surface area contributed by atoms with Gasteiger partial charge in [0.15, 0.2) is 0 Å². The summed E-state index contributed by atoms with van der Waals surface area (Å²) >= 11 is 0. The Morgan fingerprint density at radius 3 is 2.67 bits per heavy atom. The summed E-state index contributed by atoms with van der Waals surface area (Å²) in [7, 11) is 0. The number of para-hydroxylation sites is 1. The Morgan fingerprint density at radius 2 is 1.89 bits per heavy atom. The van der Waals surface area contributed by atoms with Crippen molar-refractivity contribution in [3.63, 3.8) is 0 Å². The van der Waals surface area contributed by atoms with Gasteiger partial charge in [-0.3, -0.25) is 14.9 Å². The van der Waals surface area contributed by atoms with E-state index in [0.29, 0.717) is 12.0 Å². The van der Waals surface area contributed by atoms with Crippen LogP contribution in [0.2, 0.25) is 0 Å². The van der Waals surface area contributed by atoms with E-state index < -0.39 is 11.0 Å². The number of nitrogens with zero attached hydrogens (tertiary/aromatic N) is 2. The molecule has 1 heterocycles. The summed E-state index contributed by atoms with van der Waals surface area (Å²) in [5, 5.41) is 14.8. The van der Waals surface area contributed by atoms with Gasteiger partial charge < -0.3 is 0 Å². The van der Waals surface area contributed by atoms with Crippen LogP contribution in [-0.2, 0) is 4.79 Å². The molecule has 1 aliphatic heterocycles. The molecule has 0 saturated carbocycles. The van der Waals surface area contributed by atoms with Crippen molar-refractivity contribution < 1.29 is 9.72 Å². The van der Waals surface area contributed by atoms with Crippen LogP contribution in [0.5, 0.6) is 0 Å². The third kappa shape index (κ3) is 4.84. The highest BCUT2D eigenvalue weighted by molar-refractivity contribution is 5.84. The Balaban J connectivity index is 1.50. The van der Waals surface area contributed by atoms with Crippen LogP contribution in [-0.4, -0.2) is 23.1 Å². The number of nitro groups is 1. The zero-order chi connectivity index (χ0) is 19.1. The number of carbonyl (C=O) groups is 1. The lowest BCUT2D eigenvalue weighted by Crippen LogP contribution is -2.41. The number of amides is 1. The topological polar surface area (TPSA) is 109 Å². The minimum Gasteiger partial charge on any atom is -0.271 e. The number of benzene rings is 2. The molecule has 8 nitrogen and oxygen atoms in total. The van der Waals surface area contributed by atoms with Crippen molar-refractivity contribution in [2.75, 3.05) is 0 Å². The van der Waals surface area contributed by atoms with Crippen LogP contribution in [0.4, 0.5) is 5.69 Å². The number of hydrogen-bond acceptors (Lipinski definition) is 6. The van der Waals surface area contributed by atoms with E-state index in [1.165, 1.54) is 18.4 Å². The van der Waals surface area contributed by atoms with E-state index in [1.54, 1.807) is 24.3 Å². The predicted molar refractivity (Wildman–Crippen MR) is 103 cm³/mol. The molecule has 2 aromatic carbocycles. The lowest BCUT2D eigenvalue weighted by atomic mass is 10.0. The van der Waals surface area contributed by atoms with E-state index in [1.807, 2.05) is 30.3 Å². The molecule has 1 aliphatic rings. The average Bonchev–Trinajstić information content (AvgIpc) is 3.19. The Bertz CT molecular complexity index is 867. The lowest BCUT2D eigenvalue weighted by molar-refractivity contribution is -0.385. The second-order valence-corrected chi connectivity index (χ2v) is 5.97. The first-order valence-corrected chi connectivity index (χ1v) is 8.44. The first-order chi connectivity index (χ1) is 13.1. The SMILES string of the molecule is O=C(N/N=C/C=C/c1ccccc1[N+](=O)[O-])C1CC(c2ccccc2)NN1. The number of nitro benzene ring substituents is 1. The smallest absolute Gasteiger partial charge is 0.271 e. The fourth-order valence-corrected chi connectivity index (χ4v) is 2.80. The highest BCUT2D eigenvalue weighted by Gasteiger charge is 2.29. The van der Waals surface area contributed by atoms with Gasteiger partial charge in [0.05, 0.1) is 10.5 Å². The number of hydrazone groups is 1. The Kier molecular flexibility index (Phi) is 6.03. The molecule has 0 radical (unpaired) electrons. The fraction of sp³-hybridized carbons (Fsp3) is 0.158. The van der Waals surface area contributed by atoms with Crippen molar-refractivity contribution in [2.45, 2.75) is 18.5 Å². The molecule has 3 rings (SSSR count). The molecule has 0 spiro atoms. The van der Waals surface area contributed by atoms with E-state index in [2.05, 4.69) is 21.4 Å². The zero-order valence-corrected chi connectivity index (χ0v) is 14.4. The monoisotopic (exact) mass is 365 g/mol. The molecule has 2 aromatic rings. The van der Waals surface area contributed by atoms with Gasteiger partial charge in [0, 0.05) is 18.3 Å². The summed E-state index contributed by atoms with van der Waals surface area (Å²) in [5.74, 6) is -0.253. The molecule has 27 heavy (non-hydrogen) atoms. The number of allylic oxidation sites excluding steroid dienone is 1. The first-order valence-electron chi connectivity index (χ1n) is 8.44. The normalized spacial score (nSPS) is 19.6. The van der Waals surface area contributed by atoms with Gasteiger partial charge in [0.25, 0.3) is 11.6 Å². The van der Waals surface area contributed by atoms with E-state index in [-0.39, 0.29) is 17.6 Å². The van der Waals surface area contributed by atoms with Gasteiger partial charge in [-0.1, -0.05) is 42.5 Å². The van der Waals surface area contributed by atoms with Crippen molar-refractivity contribution in [1.29, 1.82) is 0 Å². The molecule has 1 fully saturated rings. The summed E-state index contributed by atoms with van der Waals surface area (Å²) in [4.78, 5) is 22.7. The van der Waals surface area contributed by atoms with E-state index >= 15 is 0 Å². The standard InChI is InChI=1S/C19H19N5O3/c25-19(17-13-16(21-22-17)14-7-2-1-3-8-14)23-20-12-6-10-15-9-4-5-11-18(15)24(26)27/h1-12,16-17,21-22H,13H2,(H,23,25)/b10-6+,20-12+. The van der Waals surface area contributed by atoms with Gasteiger partial charge in [0.2, 0.25) is 0 Å². The molecule has 2 atom stereocenters. The quantitative estimate of drug-likeness (QED) is 0.414. The average molecular weight is 365 g/mol. The molecule has 1 amide bonds. The second kappa shape index (κ2) is 8.84. The molecule has 0 bridgehead atoms. The highest BCUT2D eigenvalue weighted by atomic mass is 16.6. The molecule has 138 valence electrons. The molecule has 1 saturated heterocycles. The predicted octanol–water partition coefficient (Wildman–Crippen LogP) is 2.32. The third-order valence-corrected chi connectivity index (χ3v) is 4.17. The van der Waals surface area contributed by atoms with Crippen molar-refractivity contribution in [3.05, 3.63) is 81.9 Å². The number of rotatable bonds is 6. The largest absolute Gasteiger partial charge is 0.276 e. The lowest BCUT2D eigenvalue weighted by Gasteiger charge is -2.08. The minimum absolute atomic E-state index is 0.0133. The second-order valence-electron chi connectivity index (χ2n) is 5.97. The number of hydrogen-bond donors (Lipinski definition) is 3. The number of hydrazine groups is 1. The summed E-state index contributed by atoms with van der Waals surface area (Å²) in [5.41, 5.74) is 10.1. The summed E-state index contributed by atoms with van der Waals surface area (Å²) in [6.07, 6.45) is 5.09. The maximum absolute atomic E-state index is 12.2. The van der Waals surface area contributed by atoms with E-state index in [9.17, 15) is 14.9 Å². The summed E-state index contributed by atoms with van der Waals surface area (Å²) in [6.45, 7) is 0. The van der Waals surface area contributed by atoms with Gasteiger partial charge in [-0.05, 0) is 30.2 Å². The molecule has 0 aliphatic carbocycles. The maximum Gasteiger partial charge on any atom is 0.276 e. The van der Waals surface area contributed by atoms with Gasteiger partial charge in [0.1, 0.15) is 6.04 Å². The van der Waals surface area contributed by atoms with Crippen molar-refractivity contribution in [2.24, 2.45) is 5.10 Å². The molecular formula is C19H19N5O3. The van der Waals surface area contributed by atoms with Crippen LogP contribution in [0.25, 0.3) is 6.08 Å². The summed E-state index contributed by atoms with van der Waals surface area (Å²) < 4.78 is 0. The van der Waals surface area contributed by atoms with E-state index in [4.69, 9.17) is 0 Å². The van der Waals surface area contributed by atoms with Crippen LogP contribution >= 0.6 is 0 Å². The zero-order valence-electron chi connectivity index (χ0n) is 14.4. The molecule has 8 heteroatoms. The summed E-state index contributed by atoms with van der Waals surface area (Å²) in [6, 6.07) is 15.9. The highest BCUT2D eigenvalue weighted by Crippen LogP contribution is 2.21. The van der Waals surface area contributed by atoms with Gasteiger partial charge in [-0.15, -0.1) is 0 Å². The van der Waals surface area contributed by atoms with E-state index in [0.717, 1.165) is 5.56 Å². The number of nitrogens with one attached hydrogen (secondary N) is 3. The Labute approximate surface area is 156 Å². The van der Waals surface area contributed by atoms with Crippen LogP contribution in [0.1, 0.15) is 23.6 Å². The van der Waals surface area contributed by atoms with Crippen molar-refractivity contribution in [1.82, 2.24) is 16.3 Å². The van der Waals surface area contributed by atoms with Crippen LogP contribution < -0.4 is 16.3 Å². The molecular weight excluding hydrogens is 346 g/mol. The maximum atomic E-state index is 12.2. The minimum atomic E-state index is -0.444. The van der Waals surface area contributed by atoms with Crippen LogP contribution in [0.3, 0.4) is 0 Å². The van der Waals surface area contributed by atoms with Crippen LogP contribution in [0.15, 0.2) is 65.8 Å². The van der Waals surface area contributed by atoms with Gasteiger partial charge >= 0.3 is 0 Å². The molecule has 0 aromatic heterocycles. The first kappa shape index (κ1) is 18.4. The number of carbonyl (C=O) groups excluding carboxylic acids is 1.